The smallest absolute Gasteiger partial charge is 0.351 e. The van der Waals surface area contributed by atoms with E-state index in [1.54, 1.807) is 39.0 Å². The molecule has 2 spiro atoms. The molecule has 4 bridgehead atoms. The van der Waals surface area contributed by atoms with Crippen molar-refractivity contribution in [1.82, 2.24) is 14.3 Å². The van der Waals surface area contributed by atoms with Crippen LogP contribution in [-0.2, 0) is 16.2 Å². The summed E-state index contributed by atoms with van der Waals surface area (Å²) in [5, 5.41) is 3.00. The summed E-state index contributed by atoms with van der Waals surface area (Å²) in [5.74, 6) is 3.41. The molecule has 0 N–H and O–H groups in total. The van der Waals surface area contributed by atoms with Crippen LogP contribution >= 0.6 is 0 Å². The number of aromatic nitrogens is 2. The number of nitrogens with zero attached hydrogens (tertiary/aromatic N) is 4. The number of hydrogen-bond acceptors (Lipinski definition) is 3. The summed E-state index contributed by atoms with van der Waals surface area (Å²) in [6, 6.07) is 60.5. The van der Waals surface area contributed by atoms with Gasteiger partial charge in [-0.2, -0.15) is 0 Å². The van der Waals surface area contributed by atoms with Crippen LogP contribution in [0.2, 0.25) is 0 Å². The Morgan fingerprint density at radius 1 is 0.479 bits per heavy atom. The predicted octanol–water partition coefficient (Wildman–Crippen LogP) is 12.9. The highest BCUT2D eigenvalue weighted by Gasteiger charge is 2.68. The normalized spacial score (nSPS) is 23.2. The molecule has 0 amide bonds. The van der Waals surface area contributed by atoms with Gasteiger partial charge in [-0.1, -0.05) is 166 Å². The monoisotopic (exact) mass is 936 g/mol. The van der Waals surface area contributed by atoms with Crippen LogP contribution in [0.1, 0.15) is 168 Å². The van der Waals surface area contributed by atoms with Gasteiger partial charge in [-0.05, 0) is 193 Å². The fourth-order valence-corrected chi connectivity index (χ4v) is 18.5. The molecular weight excluding hydrogens is 882 g/mol. The molecule has 4 aliphatic heterocycles. The molecule has 0 radical (unpaired) electrons. The summed E-state index contributed by atoms with van der Waals surface area (Å²) >= 11 is 0. The minimum Gasteiger partial charge on any atom is -0.351 e. The van der Waals surface area contributed by atoms with Gasteiger partial charge in [0.25, 0.3) is 0 Å². The first kappa shape index (κ1) is 39.6. The van der Waals surface area contributed by atoms with Crippen LogP contribution in [0.5, 0.6) is 0 Å². The summed E-state index contributed by atoms with van der Waals surface area (Å²) in [6.07, 6.45) is 10.3. The number of para-hydroxylation sites is 2. The standard InChI is InChI=1S/C67H54B2N4/c1-65(2,3)41-32-33-55-52(34-41)66(48-18-8-4-14-42(48)43-15-5-9-19-49(43)66)53-35-46-37-24-28-39(29-25-37)58(46)62-60(53)68(55)73-69-61-54(36-47-38-26-30-40(31-27-38)59(47)63(61)72(62)73)67(64-70-56-22-12-13-23-57(56)71(64)69)50-20-10-6-16-44(50)45-17-7-11-21-51(45)67/h4-23,32-40H,24-31H2,1-3H3. The van der Waals surface area contributed by atoms with Crippen LogP contribution in [0.3, 0.4) is 0 Å². The van der Waals surface area contributed by atoms with Gasteiger partial charge in [0, 0.05) is 0 Å². The second-order valence-electron chi connectivity index (χ2n) is 25.0. The number of rotatable bonds is 0. The molecular formula is C67H54B2N4. The Labute approximate surface area is 428 Å². The maximum atomic E-state index is 6.02. The van der Waals surface area contributed by atoms with E-state index >= 15 is 0 Å². The molecule has 8 aliphatic carbocycles. The molecule has 21 rings (SSSR count). The molecule has 0 atom stereocenters. The molecule has 1 aromatic heterocycles. The van der Waals surface area contributed by atoms with E-state index < -0.39 is 10.8 Å². The van der Waals surface area contributed by atoms with Gasteiger partial charge < -0.3 is 4.48 Å². The first-order valence-corrected chi connectivity index (χ1v) is 27.9. The zero-order chi connectivity index (χ0) is 47.6. The lowest BCUT2D eigenvalue weighted by molar-refractivity contribution is 0.356. The summed E-state index contributed by atoms with van der Waals surface area (Å²) in [6.45, 7) is 7.11. The van der Waals surface area contributed by atoms with Gasteiger partial charge in [-0.25, -0.2) is 4.98 Å². The van der Waals surface area contributed by atoms with E-state index in [2.05, 4.69) is 187 Å². The quantitative estimate of drug-likeness (QED) is 0.142. The van der Waals surface area contributed by atoms with Gasteiger partial charge >= 0.3 is 13.8 Å². The van der Waals surface area contributed by atoms with Crippen molar-refractivity contribution in [3.63, 3.8) is 0 Å². The van der Waals surface area contributed by atoms with Crippen molar-refractivity contribution >= 4 is 52.6 Å². The highest BCUT2D eigenvalue weighted by molar-refractivity contribution is 6.97. The minimum absolute atomic E-state index is 0.0155. The average molecular weight is 937 g/mol. The molecule has 8 aromatic carbocycles. The second kappa shape index (κ2) is 12.9. The number of hydrogen-bond donors (Lipinski definition) is 0. The van der Waals surface area contributed by atoms with E-state index in [4.69, 9.17) is 4.98 Å². The highest BCUT2D eigenvalue weighted by Crippen LogP contribution is 2.66. The van der Waals surface area contributed by atoms with Crippen molar-refractivity contribution in [2.45, 2.75) is 112 Å². The first-order chi connectivity index (χ1) is 35.9. The number of fused-ring (bicyclic) bond motifs is 29. The van der Waals surface area contributed by atoms with Gasteiger partial charge in [0.05, 0.1) is 27.8 Å². The molecule has 73 heavy (non-hydrogen) atoms. The maximum Gasteiger partial charge on any atom is 0.395 e. The molecule has 2 saturated carbocycles. The van der Waals surface area contributed by atoms with Crippen LogP contribution in [0.15, 0.2) is 152 Å². The van der Waals surface area contributed by atoms with Crippen molar-refractivity contribution in [3.05, 3.63) is 224 Å². The van der Waals surface area contributed by atoms with Gasteiger partial charge in [0.15, 0.2) is 0 Å². The van der Waals surface area contributed by atoms with Crippen molar-refractivity contribution in [2.75, 3.05) is 5.01 Å². The second-order valence-corrected chi connectivity index (χ2v) is 25.0. The Kier molecular flexibility index (Phi) is 7.00. The largest absolute Gasteiger partial charge is 0.395 e. The van der Waals surface area contributed by atoms with E-state index in [0.29, 0.717) is 23.7 Å². The summed E-state index contributed by atoms with van der Waals surface area (Å²) in [4.78, 5) is 9.02. The predicted molar refractivity (Wildman–Crippen MR) is 297 cm³/mol. The number of hydrazine groups is 1. The van der Waals surface area contributed by atoms with Crippen LogP contribution in [0, 0.1) is 0 Å². The third-order valence-electron chi connectivity index (χ3n) is 21.2. The van der Waals surface area contributed by atoms with Crippen molar-refractivity contribution in [3.8, 4) is 22.3 Å². The molecule has 4 nitrogen and oxygen atoms in total. The highest BCUT2D eigenvalue weighted by atomic mass is 15.6. The van der Waals surface area contributed by atoms with Gasteiger partial charge in [-0.3, -0.25) is 9.84 Å². The molecule has 12 aliphatic rings. The van der Waals surface area contributed by atoms with E-state index in [-0.39, 0.29) is 19.2 Å². The molecule has 0 saturated heterocycles. The van der Waals surface area contributed by atoms with Crippen molar-refractivity contribution in [2.24, 2.45) is 0 Å². The first-order valence-electron chi connectivity index (χ1n) is 27.9. The fourth-order valence-electron chi connectivity index (χ4n) is 18.5. The lowest BCUT2D eigenvalue weighted by atomic mass is 9.36. The lowest BCUT2D eigenvalue weighted by Gasteiger charge is -2.47. The Hall–Kier alpha value is -6.88. The number of anilines is 2. The van der Waals surface area contributed by atoms with Crippen LogP contribution < -0.4 is 21.4 Å². The molecule has 348 valence electrons. The Morgan fingerprint density at radius 2 is 0.959 bits per heavy atom. The molecule has 6 heteroatoms. The van der Waals surface area contributed by atoms with E-state index in [1.165, 1.54) is 141 Å². The van der Waals surface area contributed by atoms with E-state index in [0.717, 1.165) is 5.52 Å². The number of benzene rings is 8. The van der Waals surface area contributed by atoms with Crippen LogP contribution in [0.25, 0.3) is 33.3 Å². The summed E-state index contributed by atoms with van der Waals surface area (Å²) < 4.78 is 2.80. The Morgan fingerprint density at radius 3 is 1.52 bits per heavy atom. The summed E-state index contributed by atoms with van der Waals surface area (Å²) in [5.41, 5.74) is 32.6. The van der Waals surface area contributed by atoms with Crippen LogP contribution in [-0.4, -0.2) is 28.1 Å². The molecule has 9 aromatic rings. The molecule has 0 unspecified atom stereocenters. The van der Waals surface area contributed by atoms with Crippen molar-refractivity contribution in [1.29, 1.82) is 0 Å². The van der Waals surface area contributed by atoms with Crippen LogP contribution in [0.4, 0.5) is 11.4 Å². The maximum absolute atomic E-state index is 6.02. The van der Waals surface area contributed by atoms with Gasteiger partial charge in [0.1, 0.15) is 11.2 Å². The zero-order valence-electron chi connectivity index (χ0n) is 41.8. The topological polar surface area (TPSA) is 24.3 Å². The Bertz CT molecular complexity index is 3970. The van der Waals surface area contributed by atoms with Gasteiger partial charge in [0.2, 0.25) is 0 Å². The van der Waals surface area contributed by atoms with E-state index in [1.807, 2.05) is 0 Å². The Balaban J connectivity index is 1.03. The summed E-state index contributed by atoms with van der Waals surface area (Å²) in [7, 11) is 0. The molecule has 5 heterocycles. The third-order valence-corrected chi connectivity index (χ3v) is 21.2. The SMILES string of the molecule is CC(C)(C)c1ccc2c(c1)C1(c3ccccc3-c3ccccc31)c1cc3c(c4c1B2N1B2c5c(cc6c(c5N41)C1CCC6CC1)C1(c4ccccc4-c4ccccc41)c1nc4ccccc4n12)C1CCC3CC1. The van der Waals surface area contributed by atoms with Gasteiger partial charge in [-0.15, -0.1) is 0 Å². The zero-order valence-corrected chi connectivity index (χ0v) is 41.8. The van der Waals surface area contributed by atoms with E-state index in [9.17, 15) is 0 Å². The minimum atomic E-state index is -0.587. The fraction of sp³-hybridized carbons (Fsp3) is 0.269. The average Bonchev–Trinajstić information content (AvgIpc) is 4.42. The molecule has 2 fully saturated rings. The third kappa shape index (κ3) is 4.25. The lowest BCUT2D eigenvalue weighted by Crippen LogP contribution is -2.68. The number of imidazole rings is 1. The van der Waals surface area contributed by atoms with Crippen molar-refractivity contribution < 1.29 is 0 Å².